The number of rotatable bonds is 8. The Morgan fingerprint density at radius 3 is 2.43 bits per heavy atom. The Bertz CT molecular complexity index is 558. The van der Waals surface area contributed by atoms with Gasteiger partial charge >= 0.3 is 5.97 Å². The molecule has 0 aliphatic rings. The highest BCUT2D eigenvalue weighted by Gasteiger charge is 2.32. The summed E-state index contributed by atoms with van der Waals surface area (Å²) in [5.74, 6) is -0.366. The maximum Gasteiger partial charge on any atom is 0.341 e. The molecule has 0 radical (unpaired) electrons. The molecule has 0 aliphatic carbocycles. The van der Waals surface area contributed by atoms with Crippen LogP contribution in [0.1, 0.15) is 44.0 Å². The zero-order valence-corrected chi connectivity index (χ0v) is 14.4. The van der Waals surface area contributed by atoms with E-state index in [2.05, 4.69) is 5.32 Å². The number of esters is 1. The molecular weight excluding hydrogens is 298 g/mol. The van der Waals surface area contributed by atoms with Crippen molar-refractivity contribution in [3.8, 4) is 5.75 Å². The second kappa shape index (κ2) is 8.53. The number of nitrogens with one attached hydrogen (secondary N) is 1. The summed E-state index contributed by atoms with van der Waals surface area (Å²) < 4.78 is 15.5. The van der Waals surface area contributed by atoms with Gasteiger partial charge in [0.05, 0.1) is 13.7 Å². The van der Waals surface area contributed by atoms with E-state index in [1.807, 2.05) is 6.92 Å². The fourth-order valence-electron chi connectivity index (χ4n) is 2.20. The van der Waals surface area contributed by atoms with Gasteiger partial charge in [-0.2, -0.15) is 0 Å². The minimum atomic E-state index is -0.918. The molecule has 6 nitrogen and oxygen atoms in total. The third-order valence-electron chi connectivity index (χ3n) is 3.61. The Morgan fingerprint density at radius 2 is 1.91 bits per heavy atom. The maximum absolute atomic E-state index is 12.4. The number of amides is 1. The second-order valence-electron chi connectivity index (χ2n) is 5.27. The predicted octanol–water partition coefficient (Wildman–Crippen LogP) is 3.02. The topological polar surface area (TPSA) is 73.9 Å². The molecule has 0 heterocycles. The lowest BCUT2D eigenvalue weighted by Crippen LogP contribution is -2.41. The van der Waals surface area contributed by atoms with Crippen molar-refractivity contribution in [2.24, 2.45) is 0 Å². The molecule has 0 spiro atoms. The van der Waals surface area contributed by atoms with Crippen LogP contribution in [0.4, 0.5) is 5.69 Å². The number of carbonyl (C=O) groups excluding carboxylic acids is 2. The van der Waals surface area contributed by atoms with Gasteiger partial charge in [-0.05, 0) is 38.5 Å². The molecule has 0 bridgehead atoms. The highest BCUT2D eigenvalue weighted by atomic mass is 16.5. The predicted molar refractivity (Wildman–Crippen MR) is 87.9 cm³/mol. The van der Waals surface area contributed by atoms with Crippen molar-refractivity contribution < 1.29 is 23.8 Å². The highest BCUT2D eigenvalue weighted by Crippen LogP contribution is 2.25. The average molecular weight is 323 g/mol. The number of carbonyl (C=O) groups is 2. The molecular formula is C17H25NO5. The van der Waals surface area contributed by atoms with Gasteiger partial charge in [-0.25, -0.2) is 4.79 Å². The smallest absolute Gasteiger partial charge is 0.341 e. The van der Waals surface area contributed by atoms with E-state index in [-0.39, 0.29) is 18.1 Å². The minimum absolute atomic E-state index is 0.261. The van der Waals surface area contributed by atoms with E-state index >= 15 is 0 Å². The Balaban J connectivity index is 3.03. The minimum Gasteiger partial charge on any atom is -0.496 e. The molecule has 6 heteroatoms. The van der Waals surface area contributed by atoms with E-state index in [1.54, 1.807) is 26.0 Å². The number of anilines is 1. The Hall–Kier alpha value is -2.08. The van der Waals surface area contributed by atoms with E-state index in [1.165, 1.54) is 20.3 Å². The Kier molecular flexibility index (Phi) is 7.03. The first-order valence-corrected chi connectivity index (χ1v) is 7.63. The number of hydrogen-bond acceptors (Lipinski definition) is 5. The first-order chi connectivity index (χ1) is 10.9. The zero-order valence-electron chi connectivity index (χ0n) is 14.4. The van der Waals surface area contributed by atoms with Gasteiger partial charge in [-0.1, -0.05) is 13.3 Å². The van der Waals surface area contributed by atoms with Gasteiger partial charge in [0.25, 0.3) is 5.91 Å². The quantitative estimate of drug-likeness (QED) is 0.744. The van der Waals surface area contributed by atoms with Crippen molar-refractivity contribution in [2.75, 3.05) is 26.1 Å². The summed E-state index contributed by atoms with van der Waals surface area (Å²) in [6.07, 6.45) is 1.41. The average Bonchev–Trinajstić information content (AvgIpc) is 2.55. The van der Waals surface area contributed by atoms with Crippen LogP contribution in [-0.4, -0.2) is 38.3 Å². The molecule has 0 fully saturated rings. The molecule has 0 saturated heterocycles. The van der Waals surface area contributed by atoms with Gasteiger partial charge < -0.3 is 19.5 Å². The summed E-state index contributed by atoms with van der Waals surface area (Å²) >= 11 is 0. The third kappa shape index (κ3) is 4.69. The fourth-order valence-corrected chi connectivity index (χ4v) is 2.20. The first kappa shape index (κ1) is 19.0. The molecule has 1 aromatic rings. The Labute approximate surface area is 137 Å². The normalized spacial score (nSPS) is 13.1. The molecule has 1 aromatic carbocycles. The van der Waals surface area contributed by atoms with Crippen molar-refractivity contribution in [1.29, 1.82) is 0 Å². The van der Waals surface area contributed by atoms with Gasteiger partial charge in [0.15, 0.2) is 0 Å². The van der Waals surface area contributed by atoms with Crippen molar-refractivity contribution in [3.63, 3.8) is 0 Å². The van der Waals surface area contributed by atoms with Gasteiger partial charge in [0.2, 0.25) is 0 Å². The number of ether oxygens (including phenoxy) is 3. The molecule has 23 heavy (non-hydrogen) atoms. The van der Waals surface area contributed by atoms with Crippen LogP contribution in [0, 0.1) is 0 Å². The molecule has 1 amide bonds. The lowest BCUT2D eigenvalue weighted by molar-refractivity contribution is -0.136. The van der Waals surface area contributed by atoms with E-state index in [0.29, 0.717) is 17.9 Å². The monoisotopic (exact) mass is 323 g/mol. The third-order valence-corrected chi connectivity index (χ3v) is 3.61. The molecule has 128 valence electrons. The van der Waals surface area contributed by atoms with E-state index in [4.69, 9.17) is 14.2 Å². The van der Waals surface area contributed by atoms with Crippen molar-refractivity contribution in [3.05, 3.63) is 23.8 Å². The van der Waals surface area contributed by atoms with Gasteiger partial charge in [-0.15, -0.1) is 0 Å². The Morgan fingerprint density at radius 1 is 1.22 bits per heavy atom. The van der Waals surface area contributed by atoms with Gasteiger partial charge in [0.1, 0.15) is 16.9 Å². The van der Waals surface area contributed by atoms with Crippen LogP contribution in [0.25, 0.3) is 0 Å². The van der Waals surface area contributed by atoms with Crippen LogP contribution in [0.5, 0.6) is 5.75 Å². The zero-order chi connectivity index (χ0) is 17.5. The molecule has 1 rings (SSSR count). The standard InChI is InChI=1S/C17H25NO5/c1-6-10-17(3,22-5)16(20)18-12-8-9-14(21-4)13(11-12)15(19)23-7-2/h8-9,11H,6-7,10H2,1-5H3,(H,18,20). The number of methoxy groups -OCH3 is 2. The summed E-state index contributed by atoms with van der Waals surface area (Å²) in [4.78, 5) is 24.4. The van der Waals surface area contributed by atoms with Crippen LogP contribution in [-0.2, 0) is 14.3 Å². The maximum atomic E-state index is 12.4. The molecule has 0 aliphatic heterocycles. The summed E-state index contributed by atoms with van der Waals surface area (Å²) in [6.45, 7) is 5.71. The SMILES string of the molecule is CCCC(C)(OC)C(=O)Nc1ccc(OC)c(C(=O)OCC)c1. The lowest BCUT2D eigenvalue weighted by Gasteiger charge is -2.26. The summed E-state index contributed by atoms with van der Waals surface area (Å²) in [6, 6.07) is 4.82. The van der Waals surface area contributed by atoms with E-state index in [0.717, 1.165) is 6.42 Å². The lowest BCUT2D eigenvalue weighted by atomic mass is 9.99. The van der Waals surface area contributed by atoms with Crippen molar-refractivity contribution in [1.82, 2.24) is 0 Å². The summed E-state index contributed by atoms with van der Waals surface area (Å²) in [5, 5.41) is 2.78. The van der Waals surface area contributed by atoms with Crippen LogP contribution in [0.2, 0.25) is 0 Å². The van der Waals surface area contributed by atoms with Crippen molar-refractivity contribution in [2.45, 2.75) is 39.2 Å². The second-order valence-corrected chi connectivity index (χ2v) is 5.27. The fraction of sp³-hybridized carbons (Fsp3) is 0.529. The van der Waals surface area contributed by atoms with Crippen LogP contribution in [0.15, 0.2) is 18.2 Å². The number of hydrogen-bond donors (Lipinski definition) is 1. The van der Waals surface area contributed by atoms with Gasteiger partial charge in [0, 0.05) is 12.8 Å². The van der Waals surface area contributed by atoms with Crippen molar-refractivity contribution >= 4 is 17.6 Å². The molecule has 0 saturated carbocycles. The van der Waals surface area contributed by atoms with Crippen LogP contribution in [0.3, 0.4) is 0 Å². The summed E-state index contributed by atoms with van der Waals surface area (Å²) in [7, 11) is 2.98. The summed E-state index contributed by atoms with van der Waals surface area (Å²) in [5.41, 5.74) is -0.168. The van der Waals surface area contributed by atoms with Gasteiger partial charge in [-0.3, -0.25) is 4.79 Å². The van der Waals surface area contributed by atoms with E-state index < -0.39 is 11.6 Å². The highest BCUT2D eigenvalue weighted by molar-refractivity contribution is 5.99. The molecule has 0 aromatic heterocycles. The van der Waals surface area contributed by atoms with Crippen LogP contribution < -0.4 is 10.1 Å². The molecule has 1 N–H and O–H groups in total. The number of benzene rings is 1. The molecule has 1 atom stereocenters. The van der Waals surface area contributed by atoms with Crippen LogP contribution >= 0.6 is 0 Å². The largest absolute Gasteiger partial charge is 0.496 e. The first-order valence-electron chi connectivity index (χ1n) is 7.63. The van der Waals surface area contributed by atoms with E-state index in [9.17, 15) is 9.59 Å². The molecule has 1 unspecified atom stereocenters.